The van der Waals surface area contributed by atoms with E-state index in [1.165, 1.54) is 11.1 Å². The minimum absolute atomic E-state index is 0.572. The number of nitrogens with one attached hydrogen (secondary N) is 1. The van der Waals surface area contributed by atoms with E-state index >= 15 is 0 Å². The molecule has 1 saturated heterocycles. The fourth-order valence-electron chi connectivity index (χ4n) is 3.45. The fourth-order valence-corrected chi connectivity index (χ4v) is 3.45. The van der Waals surface area contributed by atoms with E-state index in [0.717, 1.165) is 54.3 Å². The minimum Gasteiger partial charge on any atom is -0.383 e. The SMILES string of the molecule is Cc1ccc(Cc2nn3c(C)nnc3c3ncc(NCC4COC4)cc23)cc1. The molecule has 0 amide bonds. The van der Waals surface area contributed by atoms with Gasteiger partial charge in [-0.2, -0.15) is 9.61 Å². The monoisotopic (exact) mass is 374 g/mol. The van der Waals surface area contributed by atoms with Gasteiger partial charge in [0.15, 0.2) is 5.82 Å². The highest BCUT2D eigenvalue weighted by atomic mass is 16.5. The topological polar surface area (TPSA) is 77.2 Å². The van der Waals surface area contributed by atoms with Crippen LogP contribution in [0, 0.1) is 19.8 Å². The molecule has 4 aromatic rings. The van der Waals surface area contributed by atoms with Crippen LogP contribution in [0.1, 0.15) is 22.6 Å². The van der Waals surface area contributed by atoms with Gasteiger partial charge >= 0.3 is 0 Å². The third-order valence-electron chi connectivity index (χ3n) is 5.22. The van der Waals surface area contributed by atoms with Crippen LogP contribution >= 0.6 is 0 Å². The lowest BCUT2D eigenvalue weighted by molar-refractivity contribution is -0.0248. The average molecular weight is 374 g/mol. The van der Waals surface area contributed by atoms with E-state index in [1.54, 1.807) is 4.52 Å². The van der Waals surface area contributed by atoms with Gasteiger partial charge in [-0.25, -0.2) is 4.98 Å². The van der Waals surface area contributed by atoms with Crippen molar-refractivity contribution < 1.29 is 4.74 Å². The number of rotatable bonds is 5. The van der Waals surface area contributed by atoms with E-state index in [9.17, 15) is 0 Å². The number of hydrogen-bond acceptors (Lipinski definition) is 6. The maximum Gasteiger partial charge on any atom is 0.204 e. The zero-order chi connectivity index (χ0) is 19.1. The van der Waals surface area contributed by atoms with Crippen LogP contribution in [-0.4, -0.2) is 44.6 Å². The highest BCUT2D eigenvalue weighted by Crippen LogP contribution is 2.25. The molecule has 0 aliphatic carbocycles. The number of aromatic nitrogens is 5. The molecule has 1 N–H and O–H groups in total. The Balaban J connectivity index is 1.58. The zero-order valence-electron chi connectivity index (χ0n) is 16.0. The summed E-state index contributed by atoms with van der Waals surface area (Å²) in [4.78, 5) is 4.70. The Morgan fingerprint density at radius 3 is 2.71 bits per heavy atom. The zero-order valence-corrected chi connectivity index (χ0v) is 16.0. The molecule has 0 saturated carbocycles. The van der Waals surface area contributed by atoms with Gasteiger partial charge in [-0.15, -0.1) is 10.2 Å². The molecule has 1 fully saturated rings. The third-order valence-corrected chi connectivity index (χ3v) is 5.22. The summed E-state index contributed by atoms with van der Waals surface area (Å²) in [6.07, 6.45) is 2.59. The molecule has 1 aliphatic rings. The van der Waals surface area contributed by atoms with Crippen LogP contribution < -0.4 is 5.32 Å². The van der Waals surface area contributed by atoms with Crippen molar-refractivity contribution in [2.24, 2.45) is 5.92 Å². The Labute approximate surface area is 162 Å². The Morgan fingerprint density at radius 1 is 1.14 bits per heavy atom. The number of hydrogen-bond donors (Lipinski definition) is 1. The second-order valence-electron chi connectivity index (χ2n) is 7.50. The molecule has 4 heterocycles. The van der Waals surface area contributed by atoms with Gasteiger partial charge in [0, 0.05) is 24.3 Å². The lowest BCUT2D eigenvalue weighted by atomic mass is 10.0. The summed E-state index contributed by atoms with van der Waals surface area (Å²) in [6.45, 7) is 6.55. The first kappa shape index (κ1) is 17.1. The molecule has 1 aliphatic heterocycles. The molecule has 0 radical (unpaired) electrons. The van der Waals surface area contributed by atoms with E-state index in [0.29, 0.717) is 11.6 Å². The summed E-state index contributed by atoms with van der Waals surface area (Å²) in [5, 5.41) is 17.8. The summed E-state index contributed by atoms with van der Waals surface area (Å²) in [5.41, 5.74) is 5.95. The van der Waals surface area contributed by atoms with E-state index in [-0.39, 0.29) is 0 Å². The van der Waals surface area contributed by atoms with Gasteiger partial charge in [0.1, 0.15) is 5.52 Å². The summed E-state index contributed by atoms with van der Waals surface area (Å²) < 4.78 is 7.04. The Morgan fingerprint density at radius 2 is 1.96 bits per heavy atom. The van der Waals surface area contributed by atoms with Crippen molar-refractivity contribution in [2.75, 3.05) is 25.1 Å². The van der Waals surface area contributed by atoms with Crippen molar-refractivity contribution in [3.63, 3.8) is 0 Å². The molecule has 1 aromatic carbocycles. The third kappa shape index (κ3) is 3.07. The second kappa shape index (κ2) is 6.83. The molecule has 7 heteroatoms. The molecule has 3 aromatic heterocycles. The molecular weight excluding hydrogens is 352 g/mol. The molecule has 0 spiro atoms. The van der Waals surface area contributed by atoms with Gasteiger partial charge in [-0.05, 0) is 25.5 Å². The van der Waals surface area contributed by atoms with E-state index < -0.39 is 0 Å². The second-order valence-corrected chi connectivity index (χ2v) is 7.50. The highest BCUT2D eigenvalue weighted by Gasteiger charge is 2.19. The number of ether oxygens (including phenoxy) is 1. The van der Waals surface area contributed by atoms with Crippen LogP contribution in [0.5, 0.6) is 0 Å². The van der Waals surface area contributed by atoms with Crippen LogP contribution in [0.4, 0.5) is 5.69 Å². The number of anilines is 1. The fraction of sp³-hybridized carbons (Fsp3) is 0.333. The highest BCUT2D eigenvalue weighted by molar-refractivity contribution is 5.93. The van der Waals surface area contributed by atoms with Gasteiger partial charge in [-0.3, -0.25) is 0 Å². The van der Waals surface area contributed by atoms with Crippen LogP contribution in [0.2, 0.25) is 0 Å². The maximum atomic E-state index is 5.25. The molecule has 0 atom stereocenters. The van der Waals surface area contributed by atoms with E-state index in [2.05, 4.69) is 52.8 Å². The van der Waals surface area contributed by atoms with Crippen LogP contribution in [0.15, 0.2) is 36.5 Å². The summed E-state index contributed by atoms with van der Waals surface area (Å²) >= 11 is 0. The first-order valence-electron chi connectivity index (χ1n) is 9.55. The number of nitrogens with zero attached hydrogens (tertiary/aromatic N) is 5. The predicted octanol–water partition coefficient (Wildman–Crippen LogP) is 2.94. The molecular formula is C21H22N6O. The van der Waals surface area contributed by atoms with Crippen LogP contribution in [0.3, 0.4) is 0 Å². The van der Waals surface area contributed by atoms with Gasteiger partial charge < -0.3 is 10.1 Å². The Kier molecular flexibility index (Phi) is 4.16. The van der Waals surface area contributed by atoms with Crippen molar-refractivity contribution in [3.8, 4) is 0 Å². The van der Waals surface area contributed by atoms with Gasteiger partial charge in [0.05, 0.1) is 30.8 Å². The summed E-state index contributed by atoms with van der Waals surface area (Å²) in [5.74, 6) is 1.33. The molecule has 5 rings (SSSR count). The number of pyridine rings is 1. The van der Waals surface area contributed by atoms with Gasteiger partial charge in [0.2, 0.25) is 5.65 Å². The molecule has 28 heavy (non-hydrogen) atoms. The number of aryl methyl sites for hydroxylation is 2. The van der Waals surface area contributed by atoms with E-state index in [4.69, 9.17) is 14.8 Å². The summed E-state index contributed by atoms with van der Waals surface area (Å²) in [6, 6.07) is 10.7. The van der Waals surface area contributed by atoms with Crippen molar-refractivity contribution >= 4 is 22.2 Å². The maximum absolute atomic E-state index is 5.25. The molecule has 142 valence electrons. The Hall–Kier alpha value is -3.06. The number of fused-ring (bicyclic) bond motifs is 3. The quantitative estimate of drug-likeness (QED) is 0.579. The van der Waals surface area contributed by atoms with Crippen molar-refractivity contribution in [1.29, 1.82) is 0 Å². The molecule has 7 nitrogen and oxygen atoms in total. The first-order valence-corrected chi connectivity index (χ1v) is 9.55. The van der Waals surface area contributed by atoms with E-state index in [1.807, 2.05) is 13.1 Å². The molecule has 0 bridgehead atoms. The first-order chi connectivity index (χ1) is 13.7. The largest absolute Gasteiger partial charge is 0.383 e. The van der Waals surface area contributed by atoms with Crippen molar-refractivity contribution in [3.05, 3.63) is 59.2 Å². The predicted molar refractivity (Wildman–Crippen MR) is 108 cm³/mol. The number of benzene rings is 1. The average Bonchev–Trinajstić information content (AvgIpc) is 3.03. The van der Waals surface area contributed by atoms with Crippen molar-refractivity contribution in [1.82, 2.24) is 24.8 Å². The van der Waals surface area contributed by atoms with Gasteiger partial charge in [-0.1, -0.05) is 29.8 Å². The minimum atomic E-state index is 0.572. The van der Waals surface area contributed by atoms with Crippen LogP contribution in [-0.2, 0) is 11.2 Å². The smallest absolute Gasteiger partial charge is 0.204 e. The molecule has 0 unspecified atom stereocenters. The Bertz CT molecular complexity index is 1150. The van der Waals surface area contributed by atoms with Crippen molar-refractivity contribution in [2.45, 2.75) is 20.3 Å². The summed E-state index contributed by atoms with van der Waals surface area (Å²) in [7, 11) is 0. The van der Waals surface area contributed by atoms with Crippen LogP contribution in [0.25, 0.3) is 16.6 Å². The standard InChI is InChI=1S/C21H22N6O/c1-13-3-5-15(6-4-13)7-19-18-8-17(22-9-16-11-28-12-16)10-23-20(18)21-25-24-14(2)27(21)26-19/h3-6,8,10,16,22H,7,9,11-12H2,1-2H3. The van der Waals surface area contributed by atoms with Gasteiger partial charge in [0.25, 0.3) is 0 Å². The lowest BCUT2D eigenvalue weighted by Gasteiger charge is -2.26. The normalized spacial score (nSPS) is 14.5. The lowest BCUT2D eigenvalue weighted by Crippen LogP contribution is -2.33.